The number of nitro benzene ring substituents is 2. The fraction of sp³-hybridized carbons (Fsp3) is 0. The maximum atomic E-state index is 12.3. The number of amides is 1. The normalized spacial score (nSPS) is 10.8. The lowest BCUT2D eigenvalue weighted by Gasteiger charge is -2.03. The third kappa shape index (κ3) is 4.55. The van der Waals surface area contributed by atoms with Gasteiger partial charge in [-0.3, -0.25) is 25.0 Å². The molecule has 0 aliphatic heterocycles. The number of rotatable bonds is 6. The average Bonchev–Trinajstić information content (AvgIpc) is 3.21. The van der Waals surface area contributed by atoms with Crippen molar-refractivity contribution in [1.29, 1.82) is 5.26 Å². The van der Waals surface area contributed by atoms with Crippen LogP contribution in [0.2, 0.25) is 0 Å². The number of nitrogens with one attached hydrogen (secondary N) is 1. The zero-order valence-corrected chi connectivity index (χ0v) is 15.1. The van der Waals surface area contributed by atoms with Gasteiger partial charge >= 0.3 is 0 Å². The molecular weight excluding hydrogens is 392 g/mol. The van der Waals surface area contributed by atoms with Gasteiger partial charge in [0, 0.05) is 41.6 Å². The van der Waals surface area contributed by atoms with Gasteiger partial charge in [0.05, 0.1) is 9.85 Å². The Morgan fingerprint density at radius 3 is 2.33 bits per heavy atom. The fourth-order valence-electron chi connectivity index (χ4n) is 2.54. The lowest BCUT2D eigenvalue weighted by atomic mass is 10.1. The largest absolute Gasteiger partial charge is 0.457 e. The van der Waals surface area contributed by atoms with Gasteiger partial charge in [-0.2, -0.15) is 5.26 Å². The molecule has 0 aliphatic carbocycles. The Morgan fingerprint density at radius 2 is 1.67 bits per heavy atom. The summed E-state index contributed by atoms with van der Waals surface area (Å²) in [6.07, 6.45) is 1.20. The van der Waals surface area contributed by atoms with Crippen LogP contribution in [0.25, 0.3) is 17.4 Å². The smallest absolute Gasteiger partial charge is 0.271 e. The van der Waals surface area contributed by atoms with E-state index in [2.05, 4.69) is 5.32 Å². The van der Waals surface area contributed by atoms with Crippen LogP contribution in [0.15, 0.2) is 70.7 Å². The van der Waals surface area contributed by atoms with Crippen molar-refractivity contribution in [3.05, 3.63) is 92.2 Å². The van der Waals surface area contributed by atoms with Crippen molar-refractivity contribution < 1.29 is 19.1 Å². The van der Waals surface area contributed by atoms with E-state index in [1.54, 1.807) is 18.2 Å². The lowest BCUT2D eigenvalue weighted by Crippen LogP contribution is -2.13. The number of carbonyl (C=O) groups excluding carboxylic acids is 1. The maximum absolute atomic E-state index is 12.3. The van der Waals surface area contributed by atoms with Crippen LogP contribution < -0.4 is 5.32 Å². The Hall–Kier alpha value is -4.78. The summed E-state index contributed by atoms with van der Waals surface area (Å²) in [5.74, 6) is -0.269. The molecule has 0 saturated heterocycles. The number of benzene rings is 2. The summed E-state index contributed by atoms with van der Waals surface area (Å²) in [6, 6.07) is 15.9. The monoisotopic (exact) mass is 404 g/mol. The first-order chi connectivity index (χ1) is 14.4. The molecule has 3 rings (SSSR count). The molecule has 2 aromatic carbocycles. The van der Waals surface area contributed by atoms with Crippen molar-refractivity contribution in [3.63, 3.8) is 0 Å². The number of nitro groups is 2. The van der Waals surface area contributed by atoms with Gasteiger partial charge in [-0.15, -0.1) is 0 Å². The van der Waals surface area contributed by atoms with E-state index in [1.165, 1.54) is 54.6 Å². The zero-order chi connectivity index (χ0) is 21.7. The van der Waals surface area contributed by atoms with Crippen LogP contribution in [-0.4, -0.2) is 15.8 Å². The Bertz CT molecular complexity index is 1220. The molecule has 3 aromatic rings. The van der Waals surface area contributed by atoms with Gasteiger partial charge in [-0.25, -0.2) is 0 Å². The van der Waals surface area contributed by atoms with Crippen molar-refractivity contribution in [2.24, 2.45) is 0 Å². The minimum atomic E-state index is -0.772. The van der Waals surface area contributed by atoms with Crippen LogP contribution in [0.5, 0.6) is 0 Å². The third-order valence-electron chi connectivity index (χ3n) is 3.93. The molecule has 0 saturated carbocycles. The number of hydrogen-bond acceptors (Lipinski definition) is 7. The summed E-state index contributed by atoms with van der Waals surface area (Å²) in [5, 5.41) is 33.4. The Labute approximate surface area is 169 Å². The third-order valence-corrected chi connectivity index (χ3v) is 3.93. The van der Waals surface area contributed by atoms with E-state index in [9.17, 15) is 30.3 Å². The molecule has 0 radical (unpaired) electrons. The Kier molecular flexibility index (Phi) is 5.65. The van der Waals surface area contributed by atoms with Gasteiger partial charge in [0.15, 0.2) is 0 Å². The van der Waals surface area contributed by atoms with Crippen LogP contribution >= 0.6 is 0 Å². The quantitative estimate of drug-likeness (QED) is 0.278. The summed E-state index contributed by atoms with van der Waals surface area (Å²) in [5.41, 5.74) is 0.0230. The van der Waals surface area contributed by atoms with Gasteiger partial charge in [-0.05, 0) is 18.2 Å². The first-order valence-electron chi connectivity index (χ1n) is 8.39. The van der Waals surface area contributed by atoms with E-state index in [0.29, 0.717) is 11.3 Å². The topological polar surface area (TPSA) is 152 Å². The molecule has 1 N–H and O–H groups in total. The number of nitriles is 1. The van der Waals surface area contributed by atoms with Crippen LogP contribution in [0.1, 0.15) is 5.76 Å². The molecule has 30 heavy (non-hydrogen) atoms. The number of carbonyl (C=O) groups is 1. The lowest BCUT2D eigenvalue weighted by molar-refractivity contribution is -0.385. The van der Waals surface area contributed by atoms with E-state index < -0.39 is 15.8 Å². The van der Waals surface area contributed by atoms with Crippen molar-refractivity contribution >= 4 is 29.0 Å². The number of hydrogen-bond donors (Lipinski definition) is 1. The summed E-state index contributed by atoms with van der Waals surface area (Å²) in [4.78, 5) is 32.9. The molecule has 0 bridgehead atoms. The second kappa shape index (κ2) is 8.49. The van der Waals surface area contributed by atoms with Crippen LogP contribution in [0, 0.1) is 31.6 Å². The standard InChI is InChI=1S/C20H12N4O6/c21-12-14(20(25)22-15-4-2-6-17(11-15)24(28)29)10-18-7-8-19(30-18)13-3-1-5-16(9-13)23(26)27/h1-11H,(H,22,25). The van der Waals surface area contributed by atoms with Gasteiger partial charge in [-0.1, -0.05) is 18.2 Å². The first kappa shape index (κ1) is 20.0. The van der Waals surface area contributed by atoms with Crippen molar-refractivity contribution in [2.45, 2.75) is 0 Å². The van der Waals surface area contributed by atoms with E-state index in [1.807, 2.05) is 0 Å². The van der Waals surface area contributed by atoms with Crippen molar-refractivity contribution in [3.8, 4) is 17.4 Å². The number of anilines is 1. The summed E-state index contributed by atoms with van der Waals surface area (Å²) in [7, 11) is 0. The molecule has 0 atom stereocenters. The van der Waals surface area contributed by atoms with E-state index in [-0.39, 0.29) is 28.4 Å². The number of nitrogens with zero attached hydrogens (tertiary/aromatic N) is 3. The molecule has 1 heterocycles. The SMILES string of the molecule is N#CC(=Cc1ccc(-c2cccc([N+](=O)[O-])c2)o1)C(=O)Nc1cccc([N+](=O)[O-])c1. The molecule has 0 fully saturated rings. The fourth-order valence-corrected chi connectivity index (χ4v) is 2.54. The second-order valence-electron chi connectivity index (χ2n) is 5.94. The number of furan rings is 1. The van der Waals surface area contributed by atoms with Gasteiger partial charge in [0.2, 0.25) is 0 Å². The predicted octanol–water partition coefficient (Wildman–Crippen LogP) is 4.31. The van der Waals surface area contributed by atoms with Gasteiger partial charge in [0.25, 0.3) is 17.3 Å². The molecular formula is C20H12N4O6. The Balaban J connectivity index is 1.81. The highest BCUT2D eigenvalue weighted by Gasteiger charge is 2.14. The predicted molar refractivity (Wildman–Crippen MR) is 106 cm³/mol. The second-order valence-corrected chi connectivity index (χ2v) is 5.94. The van der Waals surface area contributed by atoms with E-state index >= 15 is 0 Å². The van der Waals surface area contributed by atoms with Crippen LogP contribution in [0.4, 0.5) is 17.1 Å². The minimum Gasteiger partial charge on any atom is -0.457 e. The highest BCUT2D eigenvalue weighted by Crippen LogP contribution is 2.26. The number of non-ortho nitro benzene ring substituents is 2. The van der Waals surface area contributed by atoms with E-state index in [4.69, 9.17) is 4.42 Å². The van der Waals surface area contributed by atoms with Crippen molar-refractivity contribution in [1.82, 2.24) is 0 Å². The molecule has 0 aliphatic rings. The zero-order valence-electron chi connectivity index (χ0n) is 15.1. The van der Waals surface area contributed by atoms with Gasteiger partial charge in [0.1, 0.15) is 23.2 Å². The molecule has 10 nitrogen and oxygen atoms in total. The molecule has 0 unspecified atom stereocenters. The van der Waals surface area contributed by atoms with Crippen LogP contribution in [-0.2, 0) is 4.79 Å². The molecule has 1 aromatic heterocycles. The summed E-state index contributed by atoms with van der Waals surface area (Å²) < 4.78 is 5.57. The molecule has 10 heteroatoms. The molecule has 0 spiro atoms. The Morgan fingerprint density at radius 1 is 1.00 bits per heavy atom. The van der Waals surface area contributed by atoms with E-state index in [0.717, 1.165) is 0 Å². The molecule has 148 valence electrons. The minimum absolute atomic E-state index is 0.102. The van der Waals surface area contributed by atoms with Crippen molar-refractivity contribution in [2.75, 3.05) is 5.32 Å². The average molecular weight is 404 g/mol. The first-order valence-corrected chi connectivity index (χ1v) is 8.39. The summed E-state index contributed by atoms with van der Waals surface area (Å²) in [6.45, 7) is 0. The van der Waals surface area contributed by atoms with Gasteiger partial charge < -0.3 is 9.73 Å². The molecule has 1 amide bonds. The van der Waals surface area contributed by atoms with Crippen LogP contribution in [0.3, 0.4) is 0 Å². The maximum Gasteiger partial charge on any atom is 0.271 e. The highest BCUT2D eigenvalue weighted by atomic mass is 16.6. The summed E-state index contributed by atoms with van der Waals surface area (Å²) >= 11 is 0. The highest BCUT2D eigenvalue weighted by molar-refractivity contribution is 6.09.